The van der Waals surface area contributed by atoms with E-state index in [-0.39, 0.29) is 11.3 Å². The predicted molar refractivity (Wildman–Crippen MR) is 86.3 cm³/mol. The molecule has 124 valence electrons. The monoisotopic (exact) mass is 347 g/mol. The van der Waals surface area contributed by atoms with Crippen LogP contribution in [-0.4, -0.2) is 31.1 Å². The summed E-state index contributed by atoms with van der Waals surface area (Å²) in [6.07, 6.45) is 0. The average molecular weight is 347 g/mol. The Kier molecular flexibility index (Phi) is 5.54. The van der Waals surface area contributed by atoms with E-state index in [0.717, 1.165) is 17.8 Å². The molecule has 0 aliphatic heterocycles. The van der Waals surface area contributed by atoms with Crippen LogP contribution >= 0.6 is 11.8 Å². The fourth-order valence-electron chi connectivity index (χ4n) is 1.94. The van der Waals surface area contributed by atoms with Gasteiger partial charge in [-0.25, -0.2) is 9.59 Å². The van der Waals surface area contributed by atoms with Gasteiger partial charge in [0.05, 0.1) is 35.2 Å². The molecule has 8 heteroatoms. The Morgan fingerprint density at radius 3 is 2.29 bits per heavy atom. The smallest absolute Gasteiger partial charge is 0.339 e. The number of nitrogens with zero attached hydrogens (tertiary/aromatic N) is 1. The summed E-state index contributed by atoms with van der Waals surface area (Å²) in [6.45, 7) is 0. The van der Waals surface area contributed by atoms with Crippen molar-refractivity contribution in [2.24, 2.45) is 0 Å². The van der Waals surface area contributed by atoms with E-state index in [2.05, 4.69) is 4.74 Å². The molecule has 0 spiro atoms. The van der Waals surface area contributed by atoms with Crippen LogP contribution in [-0.2, 0) is 9.47 Å². The number of carbonyl (C=O) groups excluding carboxylic acids is 2. The van der Waals surface area contributed by atoms with Crippen molar-refractivity contribution in [3.63, 3.8) is 0 Å². The van der Waals surface area contributed by atoms with E-state index in [1.165, 1.54) is 26.4 Å². The Bertz CT molecular complexity index is 805. The molecule has 0 amide bonds. The number of nitro groups is 1. The molecule has 0 saturated heterocycles. The van der Waals surface area contributed by atoms with Crippen molar-refractivity contribution in [1.82, 2.24) is 0 Å². The molecule has 0 aliphatic rings. The van der Waals surface area contributed by atoms with Crippen LogP contribution in [0.15, 0.2) is 52.3 Å². The van der Waals surface area contributed by atoms with E-state index in [1.807, 2.05) is 0 Å². The SMILES string of the molecule is COC(=O)c1ccc(Sc2ccccc2C(=O)OC)c([N+](=O)[O-])c1. The van der Waals surface area contributed by atoms with E-state index in [0.29, 0.717) is 15.4 Å². The van der Waals surface area contributed by atoms with Crippen LogP contribution in [0.25, 0.3) is 0 Å². The van der Waals surface area contributed by atoms with Gasteiger partial charge in [0.1, 0.15) is 0 Å². The molecule has 0 N–H and O–H groups in total. The molecular weight excluding hydrogens is 334 g/mol. The predicted octanol–water partition coefficient (Wildman–Crippen LogP) is 3.32. The normalized spacial score (nSPS) is 10.1. The molecule has 0 atom stereocenters. The van der Waals surface area contributed by atoms with Crippen LogP contribution in [0.4, 0.5) is 5.69 Å². The molecular formula is C16H13NO6S. The van der Waals surface area contributed by atoms with Gasteiger partial charge in [0.2, 0.25) is 0 Å². The number of esters is 2. The first-order chi connectivity index (χ1) is 11.5. The van der Waals surface area contributed by atoms with Crippen molar-refractivity contribution in [2.45, 2.75) is 9.79 Å². The van der Waals surface area contributed by atoms with E-state index in [9.17, 15) is 19.7 Å². The molecule has 0 fully saturated rings. The molecule has 24 heavy (non-hydrogen) atoms. The zero-order valence-electron chi connectivity index (χ0n) is 12.8. The van der Waals surface area contributed by atoms with Crippen molar-refractivity contribution < 1.29 is 24.0 Å². The summed E-state index contributed by atoms with van der Waals surface area (Å²) in [5.74, 6) is -1.20. The highest BCUT2D eigenvalue weighted by molar-refractivity contribution is 7.99. The van der Waals surface area contributed by atoms with Gasteiger partial charge in [0.15, 0.2) is 0 Å². The summed E-state index contributed by atoms with van der Waals surface area (Å²) in [5, 5.41) is 11.3. The van der Waals surface area contributed by atoms with Gasteiger partial charge in [-0.05, 0) is 24.3 Å². The summed E-state index contributed by atoms with van der Waals surface area (Å²) in [5.41, 5.74) is 0.133. The molecule has 2 aromatic carbocycles. The maximum atomic E-state index is 11.8. The zero-order valence-corrected chi connectivity index (χ0v) is 13.7. The number of benzene rings is 2. The first-order valence-electron chi connectivity index (χ1n) is 6.70. The van der Waals surface area contributed by atoms with Crippen LogP contribution in [0.1, 0.15) is 20.7 Å². The molecule has 0 radical (unpaired) electrons. The number of hydrogen-bond donors (Lipinski definition) is 0. The molecule has 0 aliphatic carbocycles. The van der Waals surface area contributed by atoms with E-state index >= 15 is 0 Å². The highest BCUT2D eigenvalue weighted by atomic mass is 32.2. The van der Waals surface area contributed by atoms with Crippen LogP contribution in [0.3, 0.4) is 0 Å². The largest absolute Gasteiger partial charge is 0.465 e. The van der Waals surface area contributed by atoms with Crippen molar-refractivity contribution >= 4 is 29.4 Å². The summed E-state index contributed by atoms with van der Waals surface area (Å²) in [4.78, 5) is 34.8. The molecule has 0 unspecified atom stereocenters. The second-order valence-corrected chi connectivity index (χ2v) is 5.60. The average Bonchev–Trinajstić information content (AvgIpc) is 2.61. The van der Waals surface area contributed by atoms with Gasteiger partial charge in [0.25, 0.3) is 5.69 Å². The van der Waals surface area contributed by atoms with E-state index < -0.39 is 16.9 Å². The van der Waals surface area contributed by atoms with Crippen molar-refractivity contribution in [1.29, 1.82) is 0 Å². The summed E-state index contributed by atoms with van der Waals surface area (Å²) in [7, 11) is 2.46. The minimum atomic E-state index is -0.662. The number of hydrogen-bond acceptors (Lipinski definition) is 7. The fourth-order valence-corrected chi connectivity index (χ4v) is 2.96. The Morgan fingerprint density at radius 1 is 1.00 bits per heavy atom. The number of carbonyl (C=O) groups is 2. The lowest BCUT2D eigenvalue weighted by molar-refractivity contribution is -0.387. The fraction of sp³-hybridized carbons (Fsp3) is 0.125. The Labute approximate surface area is 141 Å². The lowest BCUT2D eigenvalue weighted by atomic mass is 10.2. The van der Waals surface area contributed by atoms with Gasteiger partial charge in [-0.2, -0.15) is 0 Å². The van der Waals surface area contributed by atoms with Crippen molar-refractivity contribution in [3.8, 4) is 0 Å². The molecule has 2 rings (SSSR count). The summed E-state index contributed by atoms with van der Waals surface area (Å²) < 4.78 is 9.27. The number of ether oxygens (including phenoxy) is 2. The van der Waals surface area contributed by atoms with E-state index in [1.54, 1.807) is 24.3 Å². The first kappa shape index (κ1) is 17.5. The molecule has 7 nitrogen and oxygen atoms in total. The highest BCUT2D eigenvalue weighted by Crippen LogP contribution is 2.37. The van der Waals surface area contributed by atoms with Gasteiger partial charge < -0.3 is 9.47 Å². The maximum absolute atomic E-state index is 11.8. The number of methoxy groups -OCH3 is 2. The minimum absolute atomic E-state index is 0.0785. The van der Waals surface area contributed by atoms with Crippen molar-refractivity contribution in [3.05, 3.63) is 63.7 Å². The minimum Gasteiger partial charge on any atom is -0.465 e. The molecule has 0 heterocycles. The van der Waals surface area contributed by atoms with Gasteiger partial charge in [-0.15, -0.1) is 0 Å². The molecule has 2 aromatic rings. The Hall–Kier alpha value is -2.87. The molecule has 0 saturated carbocycles. The third kappa shape index (κ3) is 3.72. The lowest BCUT2D eigenvalue weighted by Crippen LogP contribution is -2.04. The van der Waals surface area contributed by atoms with Gasteiger partial charge in [-0.3, -0.25) is 10.1 Å². The number of nitro benzene ring substituents is 1. The second kappa shape index (κ2) is 7.60. The third-order valence-electron chi connectivity index (χ3n) is 3.09. The van der Waals surface area contributed by atoms with Gasteiger partial charge in [0, 0.05) is 11.0 Å². The maximum Gasteiger partial charge on any atom is 0.339 e. The van der Waals surface area contributed by atoms with Gasteiger partial charge in [-0.1, -0.05) is 23.9 Å². The van der Waals surface area contributed by atoms with Gasteiger partial charge >= 0.3 is 11.9 Å². The topological polar surface area (TPSA) is 95.7 Å². The summed E-state index contributed by atoms with van der Waals surface area (Å²) in [6, 6.07) is 10.6. The first-order valence-corrected chi connectivity index (χ1v) is 7.51. The van der Waals surface area contributed by atoms with Crippen LogP contribution in [0.5, 0.6) is 0 Å². The van der Waals surface area contributed by atoms with Crippen LogP contribution in [0.2, 0.25) is 0 Å². The molecule has 0 bridgehead atoms. The van der Waals surface area contributed by atoms with E-state index in [4.69, 9.17) is 4.74 Å². The van der Waals surface area contributed by atoms with Crippen LogP contribution in [0, 0.1) is 10.1 Å². The zero-order chi connectivity index (χ0) is 17.7. The summed E-state index contributed by atoms with van der Waals surface area (Å²) >= 11 is 1.05. The second-order valence-electron chi connectivity index (χ2n) is 4.52. The Balaban J connectivity index is 2.45. The molecule has 0 aromatic heterocycles. The lowest BCUT2D eigenvalue weighted by Gasteiger charge is -2.08. The Morgan fingerprint density at radius 2 is 1.67 bits per heavy atom. The number of rotatable bonds is 5. The quantitative estimate of drug-likeness (QED) is 0.465. The third-order valence-corrected chi connectivity index (χ3v) is 4.23. The van der Waals surface area contributed by atoms with Crippen molar-refractivity contribution in [2.75, 3.05) is 14.2 Å². The highest BCUT2D eigenvalue weighted by Gasteiger charge is 2.21. The van der Waals surface area contributed by atoms with Crippen LogP contribution < -0.4 is 0 Å². The standard InChI is InChI=1S/C16H13NO6S/c1-22-15(18)10-7-8-14(12(9-10)17(20)21)24-13-6-4-3-5-11(13)16(19)23-2/h3-9H,1-2H3.